The van der Waals surface area contributed by atoms with Crippen LogP contribution in [0, 0.1) is 28.6 Å². The molecule has 1 spiro atoms. The van der Waals surface area contributed by atoms with Gasteiger partial charge in [-0.25, -0.2) is 13.6 Å². The Kier molecular flexibility index (Phi) is 3.65. The van der Waals surface area contributed by atoms with Crippen molar-refractivity contribution in [1.82, 2.24) is 0 Å². The van der Waals surface area contributed by atoms with Crippen LogP contribution in [0.1, 0.15) is 52.4 Å². The van der Waals surface area contributed by atoms with Gasteiger partial charge in [-0.15, -0.1) is 0 Å². The molecule has 3 saturated heterocycles. The molecule has 1 unspecified atom stereocenters. The number of ketones is 2. The van der Waals surface area contributed by atoms with Crippen molar-refractivity contribution in [2.45, 2.75) is 69.9 Å². The molecule has 0 aromatic heterocycles. The van der Waals surface area contributed by atoms with Gasteiger partial charge in [0.2, 0.25) is 5.79 Å². The van der Waals surface area contributed by atoms with Crippen LogP contribution in [-0.2, 0) is 27.7 Å². The summed E-state index contributed by atoms with van der Waals surface area (Å²) in [7, 11) is -3.64. The van der Waals surface area contributed by atoms with Crippen molar-refractivity contribution < 1.29 is 37.9 Å². The summed E-state index contributed by atoms with van der Waals surface area (Å²) >= 11 is 0. The van der Waals surface area contributed by atoms with E-state index in [-0.39, 0.29) is 23.5 Å². The molecule has 3 heterocycles. The number of hydrogen-bond acceptors (Lipinski definition) is 8. The molecular formula is C21H27O8P. The lowest BCUT2D eigenvalue weighted by Gasteiger charge is -2.63. The number of aliphatic hydroxyl groups excluding tert-OH is 1. The maximum absolute atomic E-state index is 12.7. The van der Waals surface area contributed by atoms with E-state index in [1.165, 1.54) is 0 Å². The highest BCUT2D eigenvalue weighted by molar-refractivity contribution is 7.50. The van der Waals surface area contributed by atoms with Gasteiger partial charge in [0, 0.05) is 5.41 Å². The summed E-state index contributed by atoms with van der Waals surface area (Å²) in [6.07, 6.45) is 4.58. The highest BCUT2D eigenvalue weighted by Gasteiger charge is 2.83. The Balaban J connectivity index is 1.42. The predicted molar refractivity (Wildman–Crippen MR) is 102 cm³/mol. The van der Waals surface area contributed by atoms with Crippen LogP contribution in [0.5, 0.6) is 0 Å². The van der Waals surface area contributed by atoms with Gasteiger partial charge >= 0.3 is 7.82 Å². The van der Waals surface area contributed by atoms with Gasteiger partial charge < -0.3 is 10.2 Å². The first-order chi connectivity index (χ1) is 14.0. The van der Waals surface area contributed by atoms with E-state index in [4.69, 9.17) is 13.6 Å². The van der Waals surface area contributed by atoms with Crippen LogP contribution in [0.2, 0.25) is 0 Å². The third-order valence-electron chi connectivity index (χ3n) is 9.72. The highest BCUT2D eigenvalue weighted by atomic mass is 31.2. The molecule has 164 valence electrons. The smallest absolute Gasteiger partial charge is 0.388 e. The van der Waals surface area contributed by atoms with E-state index in [9.17, 15) is 24.4 Å². The number of aliphatic hydroxyl groups is 2. The van der Waals surface area contributed by atoms with Gasteiger partial charge in [0.1, 0.15) is 12.2 Å². The molecule has 8 nitrogen and oxygen atoms in total. The largest absolute Gasteiger partial charge is 0.481 e. The van der Waals surface area contributed by atoms with Gasteiger partial charge in [-0.3, -0.25) is 14.1 Å². The maximum atomic E-state index is 12.7. The fourth-order valence-corrected chi connectivity index (χ4v) is 10.00. The summed E-state index contributed by atoms with van der Waals surface area (Å²) in [6.45, 7) is 3.37. The number of hydrogen-bond donors (Lipinski definition) is 2. The molecule has 2 bridgehead atoms. The fraction of sp³-hybridized carbons (Fsp3) is 0.810. The number of fused-ring (bicyclic) bond motifs is 5. The molecular weight excluding hydrogens is 411 g/mol. The van der Waals surface area contributed by atoms with E-state index in [2.05, 4.69) is 0 Å². The first-order valence-electron chi connectivity index (χ1n) is 10.9. The zero-order valence-electron chi connectivity index (χ0n) is 17.1. The molecule has 3 saturated carbocycles. The van der Waals surface area contributed by atoms with E-state index in [1.807, 2.05) is 13.8 Å². The summed E-state index contributed by atoms with van der Waals surface area (Å²) in [5.41, 5.74) is -1.80. The van der Waals surface area contributed by atoms with Crippen molar-refractivity contribution in [2.24, 2.45) is 28.6 Å². The fourth-order valence-electron chi connectivity index (χ4n) is 8.16. The molecule has 2 N–H and O–H groups in total. The summed E-state index contributed by atoms with van der Waals surface area (Å²) < 4.78 is 29.4. The summed E-state index contributed by atoms with van der Waals surface area (Å²) in [5, 5.41) is 20.8. The molecule has 7 rings (SSSR count). The van der Waals surface area contributed by atoms with Crippen molar-refractivity contribution in [3.8, 4) is 0 Å². The van der Waals surface area contributed by atoms with Gasteiger partial charge in [0.15, 0.2) is 17.7 Å². The number of carbonyl (C=O) groups excluding carboxylic acids is 2. The van der Waals surface area contributed by atoms with Crippen LogP contribution >= 0.6 is 7.82 Å². The van der Waals surface area contributed by atoms with E-state index >= 15 is 0 Å². The molecule has 7 aliphatic rings. The molecule has 4 aliphatic carbocycles. The second-order valence-corrected chi connectivity index (χ2v) is 11.9. The van der Waals surface area contributed by atoms with E-state index in [0.717, 1.165) is 12.0 Å². The van der Waals surface area contributed by atoms with E-state index in [0.29, 0.717) is 32.1 Å². The van der Waals surface area contributed by atoms with Crippen LogP contribution in [-0.4, -0.2) is 45.9 Å². The molecule has 0 radical (unpaired) electrons. The van der Waals surface area contributed by atoms with Crippen molar-refractivity contribution in [3.63, 3.8) is 0 Å². The minimum atomic E-state index is -3.64. The van der Waals surface area contributed by atoms with Crippen molar-refractivity contribution in [3.05, 3.63) is 11.6 Å². The van der Waals surface area contributed by atoms with Crippen LogP contribution in [0.25, 0.3) is 0 Å². The molecule has 0 aromatic rings. The average Bonchev–Trinajstić information content (AvgIpc) is 3.27. The zero-order valence-corrected chi connectivity index (χ0v) is 18.0. The lowest BCUT2D eigenvalue weighted by molar-refractivity contribution is -0.274. The summed E-state index contributed by atoms with van der Waals surface area (Å²) in [6, 6.07) is 0. The number of phosphoric acid groups is 1. The summed E-state index contributed by atoms with van der Waals surface area (Å²) in [5.74, 6) is -1.68. The standard InChI is InChI=1S/C21H27O8P/c1-18-7-5-14-12(13(18)6-8-20(18,25)16(24)10-22)4-3-11-9-15(23)17-21(19(11,14)2)28-30(26,27-17)29-21/h9,12-14,17,22,25H,3-8,10H2,1-2H3/t12-,13+,14+,17?,18+,19+,20+,21?,30?/m1/s1. The van der Waals surface area contributed by atoms with Crippen LogP contribution in [0.4, 0.5) is 0 Å². The van der Waals surface area contributed by atoms with E-state index in [1.54, 1.807) is 6.08 Å². The maximum Gasteiger partial charge on any atom is 0.481 e. The molecule has 7 atom stereocenters. The van der Waals surface area contributed by atoms with Gasteiger partial charge in [-0.2, -0.15) is 0 Å². The quantitative estimate of drug-likeness (QED) is 0.631. The Labute approximate surface area is 174 Å². The van der Waals surface area contributed by atoms with Crippen LogP contribution in [0.15, 0.2) is 11.6 Å². The Morgan fingerprint density at radius 3 is 2.60 bits per heavy atom. The van der Waals surface area contributed by atoms with Gasteiger partial charge in [0.05, 0.1) is 5.41 Å². The molecule has 30 heavy (non-hydrogen) atoms. The van der Waals surface area contributed by atoms with Crippen LogP contribution < -0.4 is 0 Å². The number of Topliss-reactive ketones (excluding diaryl/α,β-unsaturated/α-hetero) is 1. The SMILES string of the molecule is C[C@@]12C(=CC(=O)C3OP4(=O)OC31O4)CC[C@H]1[C@@H]2CC[C@@]2(C)[C@H]1CC[C@]2(O)C(=O)CO. The monoisotopic (exact) mass is 438 g/mol. The lowest BCUT2D eigenvalue weighted by Crippen LogP contribution is -2.68. The Hall–Kier alpha value is -0.890. The Morgan fingerprint density at radius 1 is 1.20 bits per heavy atom. The Morgan fingerprint density at radius 2 is 1.90 bits per heavy atom. The molecule has 3 aliphatic heterocycles. The van der Waals surface area contributed by atoms with Crippen LogP contribution in [0.3, 0.4) is 0 Å². The number of carbonyl (C=O) groups is 2. The van der Waals surface area contributed by atoms with Gasteiger partial charge in [0.25, 0.3) is 0 Å². The molecule has 0 amide bonds. The minimum Gasteiger partial charge on any atom is -0.388 e. The second kappa shape index (κ2) is 5.53. The first kappa shape index (κ1) is 19.8. The number of rotatable bonds is 2. The van der Waals surface area contributed by atoms with Gasteiger partial charge in [-0.1, -0.05) is 19.4 Å². The number of phosphoric ester groups is 1. The van der Waals surface area contributed by atoms with Crippen molar-refractivity contribution in [1.29, 1.82) is 0 Å². The average molecular weight is 438 g/mol. The summed E-state index contributed by atoms with van der Waals surface area (Å²) in [4.78, 5) is 25.1. The first-order valence-corrected chi connectivity index (χ1v) is 12.3. The minimum absolute atomic E-state index is 0.0909. The molecule has 9 heteroatoms. The molecule has 0 aromatic carbocycles. The highest BCUT2D eigenvalue weighted by Crippen LogP contribution is 2.83. The predicted octanol–water partition coefficient (Wildman–Crippen LogP) is 2.28. The van der Waals surface area contributed by atoms with E-state index < -0.39 is 48.5 Å². The third kappa shape index (κ3) is 1.88. The normalized spacial score (nSPS) is 58.1. The van der Waals surface area contributed by atoms with Crippen molar-refractivity contribution >= 4 is 19.4 Å². The molecule has 6 fully saturated rings. The second-order valence-electron chi connectivity index (χ2n) is 10.4. The Bertz CT molecular complexity index is 949. The van der Waals surface area contributed by atoms with Gasteiger partial charge in [-0.05, 0) is 62.4 Å². The topological polar surface area (TPSA) is 119 Å². The lowest BCUT2D eigenvalue weighted by atomic mass is 9.44. The zero-order chi connectivity index (χ0) is 21.3. The van der Waals surface area contributed by atoms with Crippen molar-refractivity contribution in [2.75, 3.05) is 6.61 Å². The third-order valence-corrected chi connectivity index (χ3v) is 11.2.